The third-order valence-electron chi connectivity index (χ3n) is 3.19. The van der Waals surface area contributed by atoms with Gasteiger partial charge in [0.05, 0.1) is 7.11 Å². The van der Waals surface area contributed by atoms with Crippen LogP contribution >= 0.6 is 0 Å². The van der Waals surface area contributed by atoms with Crippen LogP contribution in [0.4, 0.5) is 4.39 Å². The molecule has 0 saturated heterocycles. The van der Waals surface area contributed by atoms with Gasteiger partial charge in [0.15, 0.2) is 11.6 Å². The van der Waals surface area contributed by atoms with Crippen molar-refractivity contribution in [1.82, 2.24) is 5.32 Å². The second-order valence-corrected chi connectivity index (χ2v) is 4.50. The Kier molecular flexibility index (Phi) is 4.90. The summed E-state index contributed by atoms with van der Waals surface area (Å²) in [5.41, 5.74) is 7.94. The zero-order chi connectivity index (χ0) is 15.2. The lowest BCUT2D eigenvalue weighted by atomic mass is 10.1. The maximum absolute atomic E-state index is 13.3. The van der Waals surface area contributed by atoms with Gasteiger partial charge in [-0.2, -0.15) is 0 Å². The number of halogens is 1. The number of nitrogens with one attached hydrogen (secondary N) is 1. The first-order valence-electron chi connectivity index (χ1n) is 6.54. The van der Waals surface area contributed by atoms with E-state index in [4.69, 9.17) is 10.5 Å². The summed E-state index contributed by atoms with van der Waals surface area (Å²) in [5.74, 6) is -0.743. The van der Waals surface area contributed by atoms with E-state index in [1.54, 1.807) is 0 Å². The minimum Gasteiger partial charge on any atom is -0.494 e. The van der Waals surface area contributed by atoms with Crippen LogP contribution < -0.4 is 15.8 Å². The van der Waals surface area contributed by atoms with Crippen LogP contribution in [0.15, 0.2) is 42.5 Å². The molecule has 2 rings (SSSR count). The lowest BCUT2D eigenvalue weighted by Crippen LogP contribution is -2.23. The fraction of sp³-hybridized carbons (Fsp3) is 0.188. The van der Waals surface area contributed by atoms with E-state index in [1.165, 1.54) is 25.3 Å². The van der Waals surface area contributed by atoms with E-state index in [-0.39, 0.29) is 11.7 Å². The van der Waals surface area contributed by atoms with Gasteiger partial charge in [0.25, 0.3) is 5.91 Å². The normalized spacial score (nSPS) is 10.2. The van der Waals surface area contributed by atoms with Crippen molar-refractivity contribution in [2.75, 3.05) is 7.11 Å². The topological polar surface area (TPSA) is 64.3 Å². The molecule has 0 spiro atoms. The molecule has 3 N–H and O–H groups in total. The summed E-state index contributed by atoms with van der Waals surface area (Å²) in [5, 5.41) is 2.79. The molecule has 2 aromatic rings. The molecule has 0 aliphatic rings. The van der Waals surface area contributed by atoms with Crippen LogP contribution in [0.25, 0.3) is 0 Å². The molecule has 5 heteroatoms. The number of hydrogen-bond donors (Lipinski definition) is 2. The molecule has 1 amide bonds. The SMILES string of the molecule is COc1cc(C(=O)NCc2ccccc2CN)ccc1F. The maximum atomic E-state index is 13.3. The Balaban J connectivity index is 2.08. The van der Waals surface area contributed by atoms with Crippen molar-refractivity contribution in [3.05, 3.63) is 65.0 Å². The quantitative estimate of drug-likeness (QED) is 0.886. The van der Waals surface area contributed by atoms with E-state index in [0.717, 1.165) is 11.1 Å². The number of hydrogen-bond acceptors (Lipinski definition) is 3. The van der Waals surface area contributed by atoms with Crippen molar-refractivity contribution in [3.8, 4) is 5.75 Å². The van der Waals surface area contributed by atoms with Crippen molar-refractivity contribution in [2.45, 2.75) is 13.1 Å². The van der Waals surface area contributed by atoms with Gasteiger partial charge in [-0.25, -0.2) is 4.39 Å². The third kappa shape index (κ3) is 3.58. The van der Waals surface area contributed by atoms with Gasteiger partial charge in [0.1, 0.15) is 0 Å². The highest BCUT2D eigenvalue weighted by atomic mass is 19.1. The van der Waals surface area contributed by atoms with Crippen molar-refractivity contribution >= 4 is 5.91 Å². The fourth-order valence-electron chi connectivity index (χ4n) is 2.01. The number of carbonyl (C=O) groups excluding carboxylic acids is 1. The molecular weight excluding hydrogens is 271 g/mol. The number of rotatable bonds is 5. The summed E-state index contributed by atoms with van der Waals surface area (Å²) in [6, 6.07) is 11.6. The van der Waals surface area contributed by atoms with Crippen LogP contribution in [-0.4, -0.2) is 13.0 Å². The summed E-state index contributed by atoms with van der Waals surface area (Å²) in [7, 11) is 1.36. The minimum absolute atomic E-state index is 0.0463. The molecule has 4 nitrogen and oxygen atoms in total. The fourth-order valence-corrected chi connectivity index (χ4v) is 2.01. The molecule has 0 aromatic heterocycles. The zero-order valence-corrected chi connectivity index (χ0v) is 11.7. The van der Waals surface area contributed by atoms with Crippen LogP contribution in [-0.2, 0) is 13.1 Å². The number of amides is 1. The summed E-state index contributed by atoms with van der Waals surface area (Å²) in [6.45, 7) is 0.780. The Hall–Kier alpha value is -2.40. The molecule has 0 radical (unpaired) electrons. The molecule has 2 aromatic carbocycles. The molecule has 0 fully saturated rings. The Morgan fingerprint density at radius 1 is 1.24 bits per heavy atom. The Morgan fingerprint density at radius 3 is 2.62 bits per heavy atom. The number of ether oxygens (including phenoxy) is 1. The third-order valence-corrected chi connectivity index (χ3v) is 3.19. The molecule has 0 atom stereocenters. The molecule has 0 unspecified atom stereocenters. The molecule has 21 heavy (non-hydrogen) atoms. The van der Waals surface area contributed by atoms with E-state index in [1.807, 2.05) is 24.3 Å². The minimum atomic E-state index is -0.498. The summed E-state index contributed by atoms with van der Waals surface area (Å²) >= 11 is 0. The average Bonchev–Trinajstić information content (AvgIpc) is 2.53. The van der Waals surface area contributed by atoms with Crippen molar-refractivity contribution < 1.29 is 13.9 Å². The van der Waals surface area contributed by atoms with Gasteiger partial charge in [-0.3, -0.25) is 4.79 Å². The predicted octanol–water partition coefficient (Wildman–Crippen LogP) is 2.22. The van der Waals surface area contributed by atoms with Crippen molar-refractivity contribution in [2.24, 2.45) is 5.73 Å². The van der Waals surface area contributed by atoms with E-state index < -0.39 is 5.82 Å². The largest absolute Gasteiger partial charge is 0.494 e. The first-order chi connectivity index (χ1) is 10.2. The monoisotopic (exact) mass is 288 g/mol. The molecule has 110 valence electrons. The Morgan fingerprint density at radius 2 is 1.95 bits per heavy atom. The maximum Gasteiger partial charge on any atom is 0.251 e. The lowest BCUT2D eigenvalue weighted by molar-refractivity contribution is 0.0950. The highest BCUT2D eigenvalue weighted by Gasteiger charge is 2.10. The van der Waals surface area contributed by atoms with Gasteiger partial charge >= 0.3 is 0 Å². The molecule has 0 saturated carbocycles. The highest BCUT2D eigenvalue weighted by Crippen LogP contribution is 2.18. The van der Waals surface area contributed by atoms with Crippen LogP contribution in [0, 0.1) is 5.82 Å². The molecule has 0 aliphatic heterocycles. The lowest BCUT2D eigenvalue weighted by Gasteiger charge is -2.10. The van der Waals surface area contributed by atoms with Gasteiger partial charge in [0, 0.05) is 18.7 Å². The first kappa shape index (κ1) is 15.0. The van der Waals surface area contributed by atoms with E-state index in [9.17, 15) is 9.18 Å². The summed E-state index contributed by atoms with van der Waals surface area (Å²) < 4.78 is 18.2. The zero-order valence-electron chi connectivity index (χ0n) is 11.7. The molecular formula is C16H17FN2O2. The van der Waals surface area contributed by atoms with Gasteiger partial charge in [-0.05, 0) is 29.3 Å². The molecule has 0 bridgehead atoms. The Labute approximate surface area is 122 Å². The number of benzene rings is 2. The Bertz CT molecular complexity index is 644. The van der Waals surface area contributed by atoms with E-state index >= 15 is 0 Å². The average molecular weight is 288 g/mol. The number of methoxy groups -OCH3 is 1. The van der Waals surface area contributed by atoms with Gasteiger partial charge in [0.2, 0.25) is 0 Å². The van der Waals surface area contributed by atoms with Crippen molar-refractivity contribution in [1.29, 1.82) is 0 Å². The molecule has 0 aliphatic carbocycles. The second kappa shape index (κ2) is 6.85. The number of carbonyl (C=O) groups is 1. The standard InChI is InChI=1S/C16H17FN2O2/c1-21-15-8-11(6-7-14(15)17)16(20)19-10-13-5-3-2-4-12(13)9-18/h2-8H,9-10,18H2,1H3,(H,19,20). The van der Waals surface area contributed by atoms with E-state index in [2.05, 4.69) is 5.32 Å². The molecule has 0 heterocycles. The van der Waals surface area contributed by atoms with Crippen molar-refractivity contribution in [3.63, 3.8) is 0 Å². The smallest absolute Gasteiger partial charge is 0.251 e. The van der Waals surface area contributed by atoms with Gasteiger partial charge in [-0.1, -0.05) is 24.3 Å². The first-order valence-corrected chi connectivity index (χ1v) is 6.54. The summed E-state index contributed by atoms with van der Waals surface area (Å²) in [6.07, 6.45) is 0. The van der Waals surface area contributed by atoms with Crippen LogP contribution in [0.2, 0.25) is 0 Å². The second-order valence-electron chi connectivity index (χ2n) is 4.50. The van der Waals surface area contributed by atoms with Gasteiger partial charge < -0.3 is 15.8 Å². The van der Waals surface area contributed by atoms with Crippen LogP contribution in [0.3, 0.4) is 0 Å². The highest BCUT2D eigenvalue weighted by molar-refractivity contribution is 5.94. The van der Waals surface area contributed by atoms with Gasteiger partial charge in [-0.15, -0.1) is 0 Å². The van der Waals surface area contributed by atoms with Crippen LogP contribution in [0.1, 0.15) is 21.5 Å². The predicted molar refractivity (Wildman–Crippen MR) is 78.5 cm³/mol. The van der Waals surface area contributed by atoms with Crippen LogP contribution in [0.5, 0.6) is 5.75 Å². The number of nitrogens with two attached hydrogens (primary N) is 1. The van der Waals surface area contributed by atoms with E-state index in [0.29, 0.717) is 18.7 Å². The summed E-state index contributed by atoms with van der Waals surface area (Å²) in [4.78, 5) is 12.1.